The minimum atomic E-state index is -0.828. The lowest BCUT2D eigenvalue weighted by molar-refractivity contribution is -0.167. The molecule has 9 aromatic heterocycles. The largest absolute Gasteiger partial charge is 0.481 e. The first kappa shape index (κ1) is 82.6. The zero-order valence-electron chi connectivity index (χ0n) is 66.0. The number of nitrogen functional groups attached to an aromatic ring is 3. The Hall–Kier alpha value is -10.3. The van der Waals surface area contributed by atoms with Gasteiger partial charge in [-0.05, 0) is 90.1 Å². The minimum absolute atomic E-state index is 0.0223. The van der Waals surface area contributed by atoms with Crippen molar-refractivity contribution < 1.29 is 56.8 Å². The number of amides is 2. The number of likely N-dealkylation sites (tertiary alicyclic amines) is 2. The van der Waals surface area contributed by atoms with Gasteiger partial charge in [0.25, 0.3) is 17.7 Å². The summed E-state index contributed by atoms with van der Waals surface area (Å²) in [5.41, 5.74) is 19.8. The third-order valence-electron chi connectivity index (χ3n) is 19.2. The summed E-state index contributed by atoms with van der Waals surface area (Å²) in [7, 11) is 5.48. The molecule has 39 nitrogen and oxygen atoms in total. The average Bonchev–Trinajstić information content (AvgIpc) is 1.64. The van der Waals surface area contributed by atoms with Gasteiger partial charge in [0.15, 0.2) is 82.1 Å². The van der Waals surface area contributed by atoms with Gasteiger partial charge in [-0.15, -0.1) is 30.6 Å². The van der Waals surface area contributed by atoms with Crippen molar-refractivity contribution in [2.75, 3.05) is 89.5 Å². The van der Waals surface area contributed by atoms with E-state index in [0.717, 1.165) is 115 Å². The SMILES string of the molecule is Cn1nc(C2CCN(C(=O)CCO)CC2)nc1-c1cnc(N)c(-c2nnc(C(C)(C)C)o2)n1.Cn1nc(C2CCN(C(=O)CCOC3CCCCO3)CC2)nc1-c1cnc(N)c(-c2nnc(C(C)(C)C)o2)n1.Cn1nc(C2CCNCC2)nc1-c1cnc(N)c(-c2nnc(C(C)(C)C)o2)n1.O=C(O)CCOC1CCCCO1. The van der Waals surface area contributed by atoms with Gasteiger partial charge in [0, 0.05) is 101 Å². The van der Waals surface area contributed by atoms with Gasteiger partial charge in [0.1, 0.15) is 17.1 Å². The topological polar surface area (TPSA) is 511 Å². The fourth-order valence-electron chi connectivity index (χ4n) is 12.8. The van der Waals surface area contributed by atoms with E-state index in [9.17, 15) is 14.4 Å². The number of carboxylic acid groups (broad SMARTS) is 1. The van der Waals surface area contributed by atoms with Crippen molar-refractivity contribution in [1.82, 2.24) is 120 Å². The lowest BCUT2D eigenvalue weighted by Gasteiger charge is -2.31. The molecule has 112 heavy (non-hydrogen) atoms. The molecule has 0 aromatic carbocycles. The molecule has 14 rings (SSSR count). The van der Waals surface area contributed by atoms with Crippen LogP contribution in [0, 0.1) is 0 Å². The average molecular weight is 1550 g/mol. The van der Waals surface area contributed by atoms with E-state index in [4.69, 9.17) is 74.6 Å². The molecule has 2 amide bonds. The highest BCUT2D eigenvalue weighted by molar-refractivity contribution is 5.77. The highest BCUT2D eigenvalue weighted by Crippen LogP contribution is 2.35. The van der Waals surface area contributed by atoms with Crippen LogP contribution in [0.2, 0.25) is 0 Å². The van der Waals surface area contributed by atoms with Crippen molar-refractivity contribution in [2.45, 2.75) is 205 Å². The Morgan fingerprint density at radius 2 is 0.812 bits per heavy atom. The number of carbonyl (C=O) groups is 3. The van der Waals surface area contributed by atoms with E-state index in [1.165, 1.54) is 0 Å². The Kier molecular flexibility index (Phi) is 27.2. The van der Waals surface area contributed by atoms with Gasteiger partial charge >= 0.3 is 5.97 Å². The molecule has 5 saturated heterocycles. The Labute approximate surface area is 648 Å². The van der Waals surface area contributed by atoms with E-state index in [0.29, 0.717) is 120 Å². The van der Waals surface area contributed by atoms with Crippen LogP contribution in [-0.4, -0.2) is 227 Å². The van der Waals surface area contributed by atoms with E-state index in [1.807, 2.05) is 81.3 Å². The van der Waals surface area contributed by atoms with E-state index in [1.54, 1.807) is 44.6 Å². The molecule has 14 heterocycles. The summed E-state index contributed by atoms with van der Waals surface area (Å²) in [4.78, 5) is 79.4. The van der Waals surface area contributed by atoms with Gasteiger partial charge in [0.05, 0.1) is 51.3 Å². The van der Waals surface area contributed by atoms with Crippen molar-refractivity contribution >= 4 is 35.2 Å². The summed E-state index contributed by atoms with van der Waals surface area (Å²) in [5.74, 6) is 6.67. The molecule has 9 aromatic rings. The number of piperidine rings is 3. The van der Waals surface area contributed by atoms with Gasteiger partial charge in [-0.1, -0.05) is 62.3 Å². The number of carboxylic acids is 1. The van der Waals surface area contributed by atoms with Crippen molar-refractivity contribution in [1.29, 1.82) is 0 Å². The monoisotopic (exact) mass is 1550 g/mol. The number of nitrogens with one attached hydrogen (secondary N) is 1. The van der Waals surface area contributed by atoms with Crippen LogP contribution in [0.4, 0.5) is 17.5 Å². The van der Waals surface area contributed by atoms with Crippen LogP contribution in [0.5, 0.6) is 0 Å². The fourth-order valence-corrected chi connectivity index (χ4v) is 12.8. The van der Waals surface area contributed by atoms with Crippen molar-refractivity contribution in [3.05, 3.63) is 53.7 Å². The Morgan fingerprint density at radius 3 is 1.12 bits per heavy atom. The summed E-state index contributed by atoms with van der Waals surface area (Å²) in [6, 6.07) is 0. The maximum absolute atomic E-state index is 12.7. The standard InChI is InChI=1S/C26H37N9O4.C21H29N9O3.C18H25N9O.C8H14O4/c1-26(2,3)25-32-31-24(39-25)20-21(27)28-15-17(29-20)23-30-22(33-34(23)4)16-8-11-35(12-9-16)18(36)10-14-38-19-7-5-6-13-37-19;1-21(2,3)20-27-26-19(33-20)15-16(22)23-11-13(24-15)18-25-17(28-29(18)4)12-5-8-30(9-6-12)14(32)7-10-31;1-18(2,3)17-25-24-16(28-17)12-13(19)21-9-11(22-12)15-23-14(26-27(15)4)10-5-7-20-8-6-10;9-7(10)4-6-12-8-3-1-2-5-11-8/h15-16,19H,5-14H2,1-4H3,(H2,27,28);11-12,31H,5-10H2,1-4H3,(H2,22,23);9-10,20H,5-8H2,1-4H3,(H2,19,21);8H,1-6H2,(H,9,10). The molecule has 0 saturated carbocycles. The molecule has 0 radical (unpaired) electrons. The molecule has 5 aliphatic rings. The Bertz CT molecular complexity index is 4590. The molecule has 39 heteroatoms. The van der Waals surface area contributed by atoms with E-state index in [2.05, 4.69) is 81.1 Å². The van der Waals surface area contributed by atoms with Crippen molar-refractivity contribution in [3.63, 3.8) is 0 Å². The number of aliphatic carboxylic acids is 1. The quantitative estimate of drug-likeness (QED) is 0.0484. The minimum Gasteiger partial charge on any atom is -0.481 e. The second kappa shape index (κ2) is 36.9. The number of aliphatic hydroxyl groups excluding tert-OH is 1. The van der Waals surface area contributed by atoms with E-state index >= 15 is 0 Å². The summed E-state index contributed by atoms with van der Waals surface area (Å²) < 4.78 is 44.2. The summed E-state index contributed by atoms with van der Waals surface area (Å²) >= 11 is 0. The number of nitrogens with two attached hydrogens (primary N) is 3. The number of ether oxygens (including phenoxy) is 4. The molecule has 5 aliphatic heterocycles. The number of aliphatic hydroxyl groups is 1. The molecule has 0 spiro atoms. The van der Waals surface area contributed by atoms with Crippen LogP contribution < -0.4 is 22.5 Å². The first-order chi connectivity index (χ1) is 53.5. The van der Waals surface area contributed by atoms with Gasteiger partial charge in [0.2, 0.25) is 29.5 Å². The normalized spacial score (nSPS) is 17.6. The van der Waals surface area contributed by atoms with Crippen molar-refractivity contribution in [2.24, 2.45) is 21.1 Å². The predicted molar refractivity (Wildman–Crippen MR) is 405 cm³/mol. The van der Waals surface area contributed by atoms with Crippen LogP contribution in [0.25, 0.3) is 69.3 Å². The van der Waals surface area contributed by atoms with Crippen LogP contribution in [-0.2, 0) is 70.7 Å². The molecule has 0 aliphatic carbocycles. The Morgan fingerprint density at radius 1 is 0.473 bits per heavy atom. The lowest BCUT2D eigenvalue weighted by atomic mass is 9.96. The van der Waals surface area contributed by atoms with Gasteiger partial charge < -0.3 is 74.7 Å². The molecule has 2 atom stereocenters. The molecular weight excluding hydrogens is 1450 g/mol. The highest BCUT2D eigenvalue weighted by Gasteiger charge is 2.33. The number of aryl methyl sites for hydroxylation is 3. The zero-order chi connectivity index (χ0) is 80.0. The smallest absolute Gasteiger partial charge is 0.305 e. The van der Waals surface area contributed by atoms with E-state index < -0.39 is 5.97 Å². The highest BCUT2D eigenvalue weighted by atomic mass is 16.7. The third-order valence-corrected chi connectivity index (χ3v) is 19.2. The van der Waals surface area contributed by atoms with Gasteiger partial charge in [-0.2, -0.15) is 15.3 Å². The van der Waals surface area contributed by atoms with Crippen LogP contribution >= 0.6 is 0 Å². The third kappa shape index (κ3) is 21.4. The molecule has 604 valence electrons. The molecule has 0 bridgehead atoms. The number of hydrogen-bond acceptors (Lipinski definition) is 33. The molecule has 5 fully saturated rings. The second-order valence-corrected chi connectivity index (χ2v) is 31.2. The second-order valence-electron chi connectivity index (χ2n) is 31.2. The van der Waals surface area contributed by atoms with E-state index in [-0.39, 0.29) is 114 Å². The number of hydrogen-bond donors (Lipinski definition) is 6. The molecule has 2 unspecified atom stereocenters. The van der Waals surface area contributed by atoms with Crippen molar-refractivity contribution in [3.8, 4) is 69.3 Å². The maximum atomic E-state index is 12.7. The lowest BCUT2D eigenvalue weighted by Crippen LogP contribution is -2.38. The first-order valence-electron chi connectivity index (χ1n) is 38.2. The number of carbonyl (C=O) groups excluding carboxylic acids is 2. The van der Waals surface area contributed by atoms with Gasteiger partial charge in [-0.3, -0.25) is 14.4 Å². The summed E-state index contributed by atoms with van der Waals surface area (Å²) in [6.45, 7) is 24.4. The number of anilines is 3. The number of nitrogens with zero attached hydrogens (tertiary/aromatic N) is 23. The van der Waals surface area contributed by atoms with Crippen LogP contribution in [0.1, 0.15) is 212 Å². The fraction of sp³-hybridized carbons (Fsp3) is 0.630. The summed E-state index contributed by atoms with van der Waals surface area (Å²) in [6.07, 6.45) is 16.3. The molecular formula is C73H105N27O12. The van der Waals surface area contributed by atoms with Gasteiger partial charge in [-0.25, -0.2) is 58.9 Å². The Balaban J connectivity index is 0.000000156. The number of aromatic nitrogens is 21. The number of rotatable bonds is 19. The molecule has 9 N–H and O–H groups in total. The summed E-state index contributed by atoms with van der Waals surface area (Å²) in [5, 5.41) is 59.2. The predicted octanol–water partition coefficient (Wildman–Crippen LogP) is 6.80. The van der Waals surface area contributed by atoms with Crippen LogP contribution in [0.3, 0.4) is 0 Å². The zero-order valence-corrected chi connectivity index (χ0v) is 66.0. The first-order valence-corrected chi connectivity index (χ1v) is 38.2. The maximum Gasteiger partial charge on any atom is 0.305 e. The van der Waals surface area contributed by atoms with Crippen LogP contribution in [0.15, 0.2) is 31.8 Å².